The predicted octanol–water partition coefficient (Wildman–Crippen LogP) is 3.24. The number of hydrogen-bond acceptors (Lipinski definition) is 4. The summed E-state index contributed by atoms with van der Waals surface area (Å²) in [6.45, 7) is 6.06. The summed E-state index contributed by atoms with van der Waals surface area (Å²) in [5.41, 5.74) is 1.13. The standard InChI is InChI=1S/C17H23N3OS/c1-14-6-12-22-17(14)16(21)15-5-2-8-19(13-15)9-4-11-20-10-3-7-18-20/h3,6-7,10,12,15H,2,4-5,8-9,11,13H2,1H3. The number of likely N-dealkylation sites (tertiary alicyclic amines) is 1. The van der Waals surface area contributed by atoms with Gasteiger partial charge in [-0.25, -0.2) is 0 Å². The number of ketones is 1. The molecule has 1 aliphatic rings. The third-order valence-corrected chi connectivity index (χ3v) is 5.41. The van der Waals surface area contributed by atoms with E-state index in [1.54, 1.807) is 11.3 Å². The molecule has 0 amide bonds. The number of aromatic nitrogens is 2. The van der Waals surface area contributed by atoms with Gasteiger partial charge in [-0.2, -0.15) is 5.10 Å². The van der Waals surface area contributed by atoms with Crippen LogP contribution in [-0.2, 0) is 6.54 Å². The van der Waals surface area contributed by atoms with Gasteiger partial charge in [0.15, 0.2) is 5.78 Å². The fourth-order valence-electron chi connectivity index (χ4n) is 3.17. The first-order valence-corrected chi connectivity index (χ1v) is 8.90. The van der Waals surface area contributed by atoms with E-state index in [0.717, 1.165) is 55.9 Å². The van der Waals surface area contributed by atoms with Crippen LogP contribution in [0.2, 0.25) is 0 Å². The summed E-state index contributed by atoms with van der Waals surface area (Å²) in [7, 11) is 0. The van der Waals surface area contributed by atoms with E-state index in [2.05, 4.69) is 10.00 Å². The van der Waals surface area contributed by atoms with Gasteiger partial charge in [0.2, 0.25) is 0 Å². The number of carbonyl (C=O) groups is 1. The smallest absolute Gasteiger partial charge is 0.177 e. The van der Waals surface area contributed by atoms with Crippen LogP contribution in [0.3, 0.4) is 0 Å². The highest BCUT2D eigenvalue weighted by atomic mass is 32.1. The van der Waals surface area contributed by atoms with Crippen molar-refractivity contribution < 1.29 is 4.79 Å². The van der Waals surface area contributed by atoms with Crippen molar-refractivity contribution in [3.05, 3.63) is 40.3 Å². The summed E-state index contributed by atoms with van der Waals surface area (Å²) < 4.78 is 1.97. The molecule has 5 heteroatoms. The molecule has 3 heterocycles. The summed E-state index contributed by atoms with van der Waals surface area (Å²) in [6.07, 6.45) is 7.07. The van der Waals surface area contributed by atoms with Crippen molar-refractivity contribution in [3.8, 4) is 0 Å². The van der Waals surface area contributed by atoms with Crippen LogP contribution >= 0.6 is 11.3 Å². The Morgan fingerprint density at radius 1 is 1.45 bits per heavy atom. The Kier molecular flexibility index (Phi) is 5.05. The Bertz CT molecular complexity index is 605. The maximum Gasteiger partial charge on any atom is 0.177 e. The minimum atomic E-state index is 0.177. The van der Waals surface area contributed by atoms with Crippen molar-refractivity contribution in [2.45, 2.75) is 32.7 Å². The fourth-order valence-corrected chi connectivity index (χ4v) is 4.12. The first-order chi connectivity index (χ1) is 10.7. The molecule has 3 rings (SSSR count). The third kappa shape index (κ3) is 3.65. The van der Waals surface area contributed by atoms with Crippen molar-refractivity contribution in [2.24, 2.45) is 5.92 Å². The summed E-state index contributed by atoms with van der Waals surface area (Å²) in [6, 6.07) is 4.00. The van der Waals surface area contributed by atoms with Crippen molar-refractivity contribution in [3.63, 3.8) is 0 Å². The van der Waals surface area contributed by atoms with Crippen molar-refractivity contribution in [1.82, 2.24) is 14.7 Å². The van der Waals surface area contributed by atoms with Crippen LogP contribution in [0.1, 0.15) is 34.5 Å². The van der Waals surface area contributed by atoms with Crippen LogP contribution in [0.15, 0.2) is 29.9 Å². The minimum absolute atomic E-state index is 0.177. The second-order valence-corrected chi connectivity index (χ2v) is 6.98. The number of piperidine rings is 1. The van der Waals surface area contributed by atoms with Gasteiger partial charge in [0.25, 0.3) is 0 Å². The van der Waals surface area contributed by atoms with E-state index in [4.69, 9.17) is 0 Å². The number of thiophene rings is 1. The molecule has 1 unspecified atom stereocenters. The molecule has 0 radical (unpaired) electrons. The Hall–Kier alpha value is -1.46. The maximum atomic E-state index is 12.7. The molecular formula is C17H23N3OS. The van der Waals surface area contributed by atoms with E-state index in [1.807, 2.05) is 41.5 Å². The second kappa shape index (κ2) is 7.20. The van der Waals surface area contributed by atoms with E-state index in [0.29, 0.717) is 5.78 Å². The lowest BCUT2D eigenvalue weighted by molar-refractivity contribution is 0.0820. The van der Waals surface area contributed by atoms with Gasteiger partial charge in [0.05, 0.1) is 4.88 Å². The molecule has 4 nitrogen and oxygen atoms in total. The van der Waals surface area contributed by atoms with Gasteiger partial charge < -0.3 is 4.90 Å². The SMILES string of the molecule is Cc1ccsc1C(=O)C1CCCN(CCCn2cccn2)C1. The zero-order valence-corrected chi connectivity index (χ0v) is 13.9. The van der Waals surface area contributed by atoms with E-state index >= 15 is 0 Å². The average Bonchev–Trinajstić information content (AvgIpc) is 3.18. The van der Waals surface area contributed by atoms with Gasteiger partial charge >= 0.3 is 0 Å². The average molecular weight is 317 g/mol. The molecule has 0 spiro atoms. The molecule has 1 aliphatic heterocycles. The first-order valence-electron chi connectivity index (χ1n) is 8.02. The van der Waals surface area contributed by atoms with Crippen molar-refractivity contribution >= 4 is 17.1 Å². The van der Waals surface area contributed by atoms with Gasteiger partial charge in [0, 0.05) is 31.4 Å². The molecule has 0 N–H and O–H groups in total. The Labute approximate surface area is 135 Å². The normalized spacial score (nSPS) is 19.4. The molecule has 118 valence electrons. The summed E-state index contributed by atoms with van der Waals surface area (Å²) in [4.78, 5) is 16.1. The molecule has 0 bridgehead atoms. The Morgan fingerprint density at radius 3 is 3.09 bits per heavy atom. The summed E-state index contributed by atoms with van der Waals surface area (Å²) in [5, 5.41) is 6.25. The monoisotopic (exact) mass is 317 g/mol. The number of nitrogens with zero attached hydrogens (tertiary/aromatic N) is 3. The molecule has 1 atom stereocenters. The van der Waals surface area contributed by atoms with Crippen LogP contribution in [0.5, 0.6) is 0 Å². The van der Waals surface area contributed by atoms with Crippen molar-refractivity contribution in [2.75, 3.05) is 19.6 Å². The molecule has 1 saturated heterocycles. The fraction of sp³-hybridized carbons (Fsp3) is 0.529. The maximum absolute atomic E-state index is 12.7. The molecule has 0 aliphatic carbocycles. The number of carbonyl (C=O) groups excluding carboxylic acids is 1. The topological polar surface area (TPSA) is 38.1 Å². The Balaban J connectivity index is 1.51. The molecule has 0 aromatic carbocycles. The summed E-state index contributed by atoms with van der Waals surface area (Å²) in [5.74, 6) is 0.528. The largest absolute Gasteiger partial charge is 0.303 e. The quantitative estimate of drug-likeness (QED) is 0.768. The molecule has 1 fully saturated rings. The highest BCUT2D eigenvalue weighted by molar-refractivity contribution is 7.12. The van der Waals surface area contributed by atoms with Crippen LogP contribution in [0.4, 0.5) is 0 Å². The van der Waals surface area contributed by atoms with E-state index < -0.39 is 0 Å². The van der Waals surface area contributed by atoms with Gasteiger partial charge in [-0.05, 0) is 62.4 Å². The first kappa shape index (κ1) is 15.4. The molecule has 0 saturated carbocycles. The Morgan fingerprint density at radius 2 is 2.36 bits per heavy atom. The van der Waals surface area contributed by atoms with Gasteiger partial charge in [-0.3, -0.25) is 9.48 Å². The van der Waals surface area contributed by atoms with Crippen LogP contribution in [-0.4, -0.2) is 40.1 Å². The zero-order chi connectivity index (χ0) is 15.4. The minimum Gasteiger partial charge on any atom is -0.303 e. The van der Waals surface area contributed by atoms with Gasteiger partial charge in [0.1, 0.15) is 0 Å². The van der Waals surface area contributed by atoms with Crippen LogP contribution in [0, 0.1) is 12.8 Å². The number of rotatable bonds is 6. The second-order valence-electron chi connectivity index (χ2n) is 6.06. The molecule has 22 heavy (non-hydrogen) atoms. The number of aryl methyl sites for hydroxylation is 2. The summed E-state index contributed by atoms with van der Waals surface area (Å²) >= 11 is 1.59. The van der Waals surface area contributed by atoms with Gasteiger partial charge in [-0.15, -0.1) is 11.3 Å². The highest BCUT2D eigenvalue weighted by Crippen LogP contribution is 2.25. The molecular weight excluding hydrogens is 294 g/mol. The van der Waals surface area contributed by atoms with E-state index in [9.17, 15) is 4.79 Å². The lowest BCUT2D eigenvalue weighted by Gasteiger charge is -2.31. The van der Waals surface area contributed by atoms with Crippen LogP contribution < -0.4 is 0 Å². The van der Waals surface area contributed by atoms with E-state index in [-0.39, 0.29) is 5.92 Å². The van der Waals surface area contributed by atoms with Crippen LogP contribution in [0.25, 0.3) is 0 Å². The lowest BCUT2D eigenvalue weighted by atomic mass is 9.92. The number of Topliss-reactive ketones (excluding diaryl/α,β-unsaturated/α-hetero) is 1. The van der Waals surface area contributed by atoms with E-state index in [1.165, 1.54) is 0 Å². The zero-order valence-electron chi connectivity index (χ0n) is 13.1. The predicted molar refractivity (Wildman–Crippen MR) is 89.4 cm³/mol. The molecule has 2 aromatic rings. The third-order valence-electron chi connectivity index (χ3n) is 4.38. The number of hydrogen-bond donors (Lipinski definition) is 0. The van der Waals surface area contributed by atoms with Gasteiger partial charge in [-0.1, -0.05) is 0 Å². The lowest BCUT2D eigenvalue weighted by Crippen LogP contribution is -2.39. The molecule has 2 aromatic heterocycles. The highest BCUT2D eigenvalue weighted by Gasteiger charge is 2.27. The van der Waals surface area contributed by atoms with Crippen molar-refractivity contribution in [1.29, 1.82) is 0 Å².